The highest BCUT2D eigenvalue weighted by atomic mass is 35.5. The molecule has 2 aromatic rings. The van der Waals surface area contributed by atoms with Crippen molar-refractivity contribution in [1.29, 1.82) is 0 Å². The van der Waals surface area contributed by atoms with Crippen LogP contribution in [0.5, 0.6) is 0 Å². The van der Waals surface area contributed by atoms with E-state index in [1.807, 2.05) is 0 Å². The van der Waals surface area contributed by atoms with E-state index in [0.717, 1.165) is 0 Å². The van der Waals surface area contributed by atoms with Crippen LogP contribution in [0.15, 0.2) is 42.7 Å². The highest BCUT2D eigenvalue weighted by Gasteiger charge is 2.20. The molecular weight excluding hydrogens is 327 g/mol. The molecule has 0 fully saturated rings. The lowest BCUT2D eigenvalue weighted by Crippen LogP contribution is -2.30. The Bertz CT molecular complexity index is 692. The lowest BCUT2D eigenvalue weighted by molar-refractivity contribution is -0.123. The largest absolute Gasteiger partial charge is 0.449 e. The molecule has 0 aliphatic carbocycles. The van der Waals surface area contributed by atoms with Crippen LogP contribution in [0.1, 0.15) is 17.3 Å². The molecule has 1 aromatic carbocycles. The Kier molecular flexibility index (Phi) is 5.35. The number of esters is 1. The number of aromatic nitrogens is 1. The number of carbonyl (C=O) groups excluding carboxylic acids is 2. The zero-order chi connectivity index (χ0) is 16.1. The third kappa shape index (κ3) is 4.19. The average molecular weight is 339 g/mol. The number of benzene rings is 1. The molecule has 2 rings (SSSR count). The van der Waals surface area contributed by atoms with E-state index in [0.29, 0.717) is 15.7 Å². The van der Waals surface area contributed by atoms with Crippen molar-refractivity contribution < 1.29 is 14.3 Å². The highest BCUT2D eigenvalue weighted by Crippen LogP contribution is 2.25. The van der Waals surface area contributed by atoms with E-state index in [4.69, 9.17) is 27.9 Å². The molecule has 114 valence electrons. The molecule has 1 amide bonds. The Hall–Kier alpha value is -2.11. The molecule has 1 unspecified atom stereocenters. The van der Waals surface area contributed by atoms with Crippen LogP contribution in [0.2, 0.25) is 10.0 Å². The minimum absolute atomic E-state index is 0.267. The van der Waals surface area contributed by atoms with Crippen LogP contribution in [0.3, 0.4) is 0 Å². The van der Waals surface area contributed by atoms with Gasteiger partial charge in [0, 0.05) is 17.4 Å². The Morgan fingerprint density at radius 3 is 2.73 bits per heavy atom. The Labute approximate surface area is 137 Å². The molecule has 0 radical (unpaired) electrons. The summed E-state index contributed by atoms with van der Waals surface area (Å²) in [6.45, 7) is 1.46. The van der Waals surface area contributed by atoms with E-state index in [-0.39, 0.29) is 5.56 Å². The van der Waals surface area contributed by atoms with Gasteiger partial charge in [0.25, 0.3) is 5.91 Å². The minimum atomic E-state index is -0.997. The van der Waals surface area contributed by atoms with Crippen LogP contribution in [0, 0.1) is 0 Å². The van der Waals surface area contributed by atoms with E-state index in [1.165, 1.54) is 25.4 Å². The van der Waals surface area contributed by atoms with Crippen molar-refractivity contribution in [3.63, 3.8) is 0 Å². The zero-order valence-electron chi connectivity index (χ0n) is 11.5. The van der Waals surface area contributed by atoms with Crippen molar-refractivity contribution in [3.8, 4) is 0 Å². The van der Waals surface area contributed by atoms with Crippen molar-refractivity contribution >= 4 is 40.8 Å². The Morgan fingerprint density at radius 1 is 1.27 bits per heavy atom. The second-order valence-electron chi connectivity index (χ2n) is 4.40. The van der Waals surface area contributed by atoms with Crippen LogP contribution >= 0.6 is 23.2 Å². The highest BCUT2D eigenvalue weighted by molar-refractivity contribution is 6.35. The van der Waals surface area contributed by atoms with E-state index in [9.17, 15) is 9.59 Å². The number of rotatable bonds is 4. The van der Waals surface area contributed by atoms with E-state index in [1.54, 1.807) is 24.3 Å². The van der Waals surface area contributed by atoms with Crippen LogP contribution in [-0.2, 0) is 9.53 Å². The zero-order valence-corrected chi connectivity index (χ0v) is 13.1. The van der Waals surface area contributed by atoms with Crippen molar-refractivity contribution in [3.05, 3.63) is 58.3 Å². The van der Waals surface area contributed by atoms with Gasteiger partial charge < -0.3 is 10.1 Å². The number of nitrogens with one attached hydrogen (secondary N) is 1. The molecule has 0 aliphatic rings. The molecule has 1 heterocycles. The van der Waals surface area contributed by atoms with Gasteiger partial charge >= 0.3 is 5.97 Å². The van der Waals surface area contributed by atoms with Crippen LogP contribution < -0.4 is 5.32 Å². The number of anilines is 1. The topological polar surface area (TPSA) is 68.3 Å². The molecule has 0 aliphatic heterocycles. The van der Waals surface area contributed by atoms with Gasteiger partial charge in [-0.1, -0.05) is 23.2 Å². The normalized spacial score (nSPS) is 11.6. The lowest BCUT2D eigenvalue weighted by atomic mass is 10.2. The number of halogens is 2. The quantitative estimate of drug-likeness (QED) is 0.865. The number of amides is 1. The molecule has 0 spiro atoms. The summed E-state index contributed by atoms with van der Waals surface area (Å²) in [5.74, 6) is -1.14. The molecule has 1 N–H and O–H groups in total. The van der Waals surface area contributed by atoms with Crippen molar-refractivity contribution in [2.75, 3.05) is 5.32 Å². The summed E-state index contributed by atoms with van der Waals surface area (Å²) in [6, 6.07) is 7.83. The van der Waals surface area contributed by atoms with E-state index >= 15 is 0 Å². The summed E-state index contributed by atoms with van der Waals surface area (Å²) in [4.78, 5) is 27.7. The third-order valence-electron chi connectivity index (χ3n) is 2.74. The fraction of sp³-hybridized carbons (Fsp3) is 0.133. The maximum atomic E-state index is 12.0. The summed E-state index contributed by atoms with van der Waals surface area (Å²) in [7, 11) is 0. The molecule has 5 nitrogen and oxygen atoms in total. The first-order chi connectivity index (χ1) is 10.5. The third-order valence-corrected chi connectivity index (χ3v) is 3.30. The first-order valence-corrected chi connectivity index (χ1v) is 7.10. The predicted octanol–water partition coefficient (Wildman–Crippen LogP) is 3.57. The van der Waals surface area contributed by atoms with Gasteiger partial charge in [0.2, 0.25) is 0 Å². The van der Waals surface area contributed by atoms with Gasteiger partial charge in [0.1, 0.15) is 0 Å². The van der Waals surface area contributed by atoms with Gasteiger partial charge in [0.15, 0.2) is 6.10 Å². The number of hydrogen-bond donors (Lipinski definition) is 1. The van der Waals surface area contributed by atoms with Crippen LogP contribution in [0.4, 0.5) is 5.69 Å². The van der Waals surface area contributed by atoms with Gasteiger partial charge in [0.05, 0.1) is 16.3 Å². The number of hydrogen-bond acceptors (Lipinski definition) is 4. The minimum Gasteiger partial charge on any atom is -0.449 e. The van der Waals surface area contributed by atoms with Crippen molar-refractivity contribution in [2.24, 2.45) is 0 Å². The number of nitrogens with zero attached hydrogens (tertiary/aromatic N) is 1. The summed E-state index contributed by atoms with van der Waals surface area (Å²) in [5.41, 5.74) is 0.617. The van der Waals surface area contributed by atoms with E-state index in [2.05, 4.69) is 10.3 Å². The standard InChI is InChI=1S/C15H12Cl2N2O3/c1-9(22-15(21)10-3-2-6-18-8-10)14(20)19-13-7-11(16)4-5-12(13)17/h2-9H,1H3,(H,19,20). The molecule has 0 saturated carbocycles. The fourth-order valence-corrected chi connectivity index (χ4v) is 1.93. The van der Waals surface area contributed by atoms with Gasteiger partial charge in [-0.05, 0) is 37.3 Å². The predicted molar refractivity (Wildman–Crippen MR) is 84.2 cm³/mol. The molecular formula is C15H12Cl2N2O3. The van der Waals surface area contributed by atoms with Crippen molar-refractivity contribution in [2.45, 2.75) is 13.0 Å². The number of carbonyl (C=O) groups is 2. The molecule has 0 bridgehead atoms. The first kappa shape index (κ1) is 16.3. The summed E-state index contributed by atoms with van der Waals surface area (Å²) >= 11 is 11.8. The monoisotopic (exact) mass is 338 g/mol. The second kappa shape index (κ2) is 7.24. The first-order valence-electron chi connectivity index (χ1n) is 6.34. The average Bonchev–Trinajstić information content (AvgIpc) is 2.51. The smallest absolute Gasteiger partial charge is 0.340 e. The van der Waals surface area contributed by atoms with Crippen LogP contribution in [0.25, 0.3) is 0 Å². The number of pyridine rings is 1. The Morgan fingerprint density at radius 2 is 2.05 bits per heavy atom. The SMILES string of the molecule is CC(OC(=O)c1cccnc1)C(=O)Nc1cc(Cl)ccc1Cl. The second-order valence-corrected chi connectivity index (χ2v) is 5.25. The maximum absolute atomic E-state index is 12.0. The summed E-state index contributed by atoms with van der Waals surface area (Å²) < 4.78 is 5.07. The fourth-order valence-electron chi connectivity index (χ4n) is 1.59. The van der Waals surface area contributed by atoms with Gasteiger partial charge in [-0.3, -0.25) is 9.78 Å². The van der Waals surface area contributed by atoms with Gasteiger partial charge in [-0.25, -0.2) is 4.79 Å². The van der Waals surface area contributed by atoms with Crippen LogP contribution in [-0.4, -0.2) is 23.0 Å². The lowest BCUT2D eigenvalue weighted by Gasteiger charge is -2.14. The van der Waals surface area contributed by atoms with Gasteiger partial charge in [-0.2, -0.15) is 0 Å². The summed E-state index contributed by atoms with van der Waals surface area (Å²) in [5, 5.41) is 3.33. The molecule has 22 heavy (non-hydrogen) atoms. The summed E-state index contributed by atoms with van der Waals surface area (Å²) in [6.07, 6.45) is 1.90. The number of ether oxygens (including phenoxy) is 1. The van der Waals surface area contributed by atoms with Gasteiger partial charge in [-0.15, -0.1) is 0 Å². The van der Waals surface area contributed by atoms with E-state index < -0.39 is 18.0 Å². The Balaban J connectivity index is 2.00. The molecule has 1 aromatic heterocycles. The van der Waals surface area contributed by atoms with Crippen molar-refractivity contribution in [1.82, 2.24) is 4.98 Å². The molecule has 7 heteroatoms. The molecule has 0 saturated heterocycles. The maximum Gasteiger partial charge on any atom is 0.340 e. The molecule has 1 atom stereocenters.